The summed E-state index contributed by atoms with van der Waals surface area (Å²) in [6.45, 7) is 7.28. The minimum atomic E-state index is -0.828. The number of hydrogen-bond donors (Lipinski definition) is 3. The van der Waals surface area contributed by atoms with Crippen LogP contribution in [0.2, 0.25) is 0 Å². The number of aliphatic carboxylic acids is 1. The van der Waals surface area contributed by atoms with Crippen molar-refractivity contribution in [1.29, 1.82) is 0 Å². The molecule has 3 N–H and O–H groups in total. The number of carbonyl (C=O) groups excluding carboxylic acids is 1. The van der Waals surface area contributed by atoms with Crippen molar-refractivity contribution in [3.63, 3.8) is 0 Å². The van der Waals surface area contributed by atoms with Crippen LogP contribution < -0.4 is 10.6 Å². The molecule has 1 aliphatic rings. The van der Waals surface area contributed by atoms with Gasteiger partial charge in [0.25, 0.3) is 0 Å². The number of hydrogen-bond acceptors (Lipinski definition) is 4. The smallest absolute Gasteiger partial charge is 0.407 e. The summed E-state index contributed by atoms with van der Waals surface area (Å²) in [5, 5.41) is 14.8. The van der Waals surface area contributed by atoms with E-state index in [-0.39, 0.29) is 12.1 Å². The highest BCUT2D eigenvalue weighted by molar-refractivity contribution is 5.73. The molecule has 1 aliphatic carbocycles. The Bertz CT molecular complexity index is 332. The van der Waals surface area contributed by atoms with Gasteiger partial charge < -0.3 is 20.5 Å². The van der Waals surface area contributed by atoms with E-state index in [1.807, 2.05) is 27.7 Å². The third-order valence-corrected chi connectivity index (χ3v) is 3.00. The van der Waals surface area contributed by atoms with E-state index < -0.39 is 23.7 Å². The highest BCUT2D eigenvalue weighted by atomic mass is 16.6. The van der Waals surface area contributed by atoms with Crippen LogP contribution in [0.4, 0.5) is 4.79 Å². The lowest BCUT2D eigenvalue weighted by molar-refractivity contribution is -0.140. The molecule has 6 nitrogen and oxygen atoms in total. The number of ether oxygens (including phenoxy) is 1. The zero-order valence-corrected chi connectivity index (χ0v) is 12.0. The Kier molecular flexibility index (Phi) is 5.17. The Morgan fingerprint density at radius 2 is 1.89 bits per heavy atom. The fraction of sp³-hybridized carbons (Fsp3) is 0.846. The Balaban J connectivity index is 2.23. The van der Waals surface area contributed by atoms with Gasteiger partial charge in [0.2, 0.25) is 0 Å². The van der Waals surface area contributed by atoms with Crippen molar-refractivity contribution in [3.05, 3.63) is 0 Å². The maximum Gasteiger partial charge on any atom is 0.407 e. The van der Waals surface area contributed by atoms with Crippen molar-refractivity contribution >= 4 is 12.1 Å². The van der Waals surface area contributed by atoms with Crippen LogP contribution in [0.5, 0.6) is 0 Å². The molecule has 110 valence electrons. The van der Waals surface area contributed by atoms with Crippen LogP contribution in [0.15, 0.2) is 0 Å². The predicted molar refractivity (Wildman–Crippen MR) is 71.0 cm³/mol. The zero-order valence-electron chi connectivity index (χ0n) is 12.0. The number of nitrogens with one attached hydrogen (secondary N) is 2. The monoisotopic (exact) mass is 272 g/mol. The van der Waals surface area contributed by atoms with Gasteiger partial charge in [-0.3, -0.25) is 4.79 Å². The molecule has 0 radical (unpaired) electrons. The summed E-state index contributed by atoms with van der Waals surface area (Å²) in [6, 6.07) is -0.285. The molecule has 1 fully saturated rings. The molecular formula is C13H24N2O4. The first-order valence-electron chi connectivity index (χ1n) is 6.69. The standard InChI is InChI=1S/C13H24N2O4/c1-5-10(11(16)17)14-8-6-9(7-8)15-12(18)19-13(2,3)4/h8-10,14H,5-7H2,1-4H3,(H,15,18)(H,16,17). The van der Waals surface area contributed by atoms with Crippen LogP contribution in [0.1, 0.15) is 47.0 Å². The zero-order chi connectivity index (χ0) is 14.6. The first-order valence-corrected chi connectivity index (χ1v) is 6.69. The first-order chi connectivity index (χ1) is 8.71. The summed E-state index contributed by atoms with van der Waals surface area (Å²) in [7, 11) is 0. The number of carbonyl (C=O) groups is 2. The fourth-order valence-electron chi connectivity index (χ4n) is 1.99. The van der Waals surface area contributed by atoms with Gasteiger partial charge in [0.15, 0.2) is 0 Å². The number of amides is 1. The normalized spacial score (nSPS) is 24.2. The van der Waals surface area contributed by atoms with E-state index >= 15 is 0 Å². The van der Waals surface area contributed by atoms with Crippen LogP contribution in [0, 0.1) is 0 Å². The molecule has 1 amide bonds. The van der Waals surface area contributed by atoms with Crippen molar-refractivity contribution in [2.24, 2.45) is 0 Å². The van der Waals surface area contributed by atoms with E-state index in [4.69, 9.17) is 9.84 Å². The summed E-state index contributed by atoms with van der Waals surface area (Å²) in [4.78, 5) is 22.4. The molecule has 1 unspecified atom stereocenters. The molecule has 0 aromatic rings. The molecule has 6 heteroatoms. The SMILES string of the molecule is CCC(NC1CC(NC(=O)OC(C)(C)C)C1)C(=O)O. The van der Waals surface area contributed by atoms with Crippen molar-refractivity contribution < 1.29 is 19.4 Å². The summed E-state index contributed by atoms with van der Waals surface area (Å²) in [5.41, 5.74) is -0.498. The summed E-state index contributed by atoms with van der Waals surface area (Å²) in [5.74, 6) is -0.828. The highest BCUT2D eigenvalue weighted by Crippen LogP contribution is 2.21. The second-order valence-electron chi connectivity index (χ2n) is 5.98. The second kappa shape index (κ2) is 6.23. The molecule has 0 aromatic heterocycles. The minimum Gasteiger partial charge on any atom is -0.480 e. The molecule has 0 heterocycles. The summed E-state index contributed by atoms with van der Waals surface area (Å²) >= 11 is 0. The maximum atomic E-state index is 11.5. The number of carboxylic acids is 1. The first kappa shape index (κ1) is 15.8. The Hall–Kier alpha value is -1.30. The largest absolute Gasteiger partial charge is 0.480 e. The van der Waals surface area contributed by atoms with E-state index in [9.17, 15) is 9.59 Å². The lowest BCUT2D eigenvalue weighted by atomic mass is 9.86. The van der Waals surface area contributed by atoms with E-state index in [2.05, 4.69) is 10.6 Å². The van der Waals surface area contributed by atoms with Gasteiger partial charge in [-0.1, -0.05) is 6.92 Å². The lowest BCUT2D eigenvalue weighted by Gasteiger charge is -2.38. The Labute approximate surface area is 113 Å². The number of rotatable bonds is 5. The van der Waals surface area contributed by atoms with Crippen LogP contribution in [0.25, 0.3) is 0 Å². The molecule has 0 spiro atoms. The van der Waals surface area contributed by atoms with Crippen LogP contribution in [-0.2, 0) is 9.53 Å². The molecule has 19 heavy (non-hydrogen) atoms. The topological polar surface area (TPSA) is 87.7 Å². The van der Waals surface area contributed by atoms with E-state index in [1.165, 1.54) is 0 Å². The Morgan fingerprint density at radius 3 is 2.32 bits per heavy atom. The molecule has 0 aliphatic heterocycles. The Morgan fingerprint density at radius 1 is 1.32 bits per heavy atom. The van der Waals surface area contributed by atoms with Crippen molar-refractivity contribution in [1.82, 2.24) is 10.6 Å². The van der Waals surface area contributed by atoms with Gasteiger partial charge in [0, 0.05) is 12.1 Å². The molecule has 0 aromatic carbocycles. The molecule has 0 bridgehead atoms. The third kappa shape index (κ3) is 5.46. The van der Waals surface area contributed by atoms with E-state index in [1.54, 1.807) is 0 Å². The van der Waals surface area contributed by atoms with Gasteiger partial charge in [0.05, 0.1) is 0 Å². The van der Waals surface area contributed by atoms with Gasteiger partial charge >= 0.3 is 12.1 Å². The predicted octanol–water partition coefficient (Wildman–Crippen LogP) is 1.49. The van der Waals surface area contributed by atoms with Gasteiger partial charge in [0.1, 0.15) is 11.6 Å². The van der Waals surface area contributed by atoms with Crippen molar-refractivity contribution in [2.45, 2.75) is 70.7 Å². The van der Waals surface area contributed by atoms with Gasteiger partial charge in [-0.05, 0) is 40.0 Å². The third-order valence-electron chi connectivity index (χ3n) is 3.00. The molecular weight excluding hydrogens is 248 g/mol. The lowest BCUT2D eigenvalue weighted by Crippen LogP contribution is -2.56. The van der Waals surface area contributed by atoms with Crippen LogP contribution in [0.3, 0.4) is 0 Å². The summed E-state index contributed by atoms with van der Waals surface area (Å²) < 4.78 is 5.16. The summed E-state index contributed by atoms with van der Waals surface area (Å²) in [6.07, 6.45) is 1.61. The van der Waals surface area contributed by atoms with E-state index in [0.29, 0.717) is 6.42 Å². The maximum absolute atomic E-state index is 11.5. The van der Waals surface area contributed by atoms with Crippen molar-refractivity contribution in [3.8, 4) is 0 Å². The van der Waals surface area contributed by atoms with Crippen LogP contribution >= 0.6 is 0 Å². The average molecular weight is 272 g/mol. The quantitative estimate of drug-likeness (QED) is 0.706. The molecule has 1 atom stereocenters. The van der Waals surface area contributed by atoms with Gasteiger partial charge in [-0.2, -0.15) is 0 Å². The molecule has 1 saturated carbocycles. The molecule has 0 saturated heterocycles. The number of carboxylic acid groups (broad SMARTS) is 1. The number of alkyl carbamates (subject to hydrolysis) is 1. The average Bonchev–Trinajstić information content (AvgIpc) is 2.17. The van der Waals surface area contributed by atoms with Gasteiger partial charge in [-0.25, -0.2) is 4.79 Å². The second-order valence-corrected chi connectivity index (χ2v) is 5.98. The van der Waals surface area contributed by atoms with Gasteiger partial charge in [-0.15, -0.1) is 0 Å². The fourth-order valence-corrected chi connectivity index (χ4v) is 1.99. The van der Waals surface area contributed by atoms with E-state index in [0.717, 1.165) is 12.8 Å². The minimum absolute atomic E-state index is 0.0682. The van der Waals surface area contributed by atoms with Crippen molar-refractivity contribution in [2.75, 3.05) is 0 Å². The molecule has 1 rings (SSSR count). The van der Waals surface area contributed by atoms with Crippen LogP contribution in [-0.4, -0.2) is 40.9 Å². The highest BCUT2D eigenvalue weighted by Gasteiger charge is 2.33.